The Balaban J connectivity index is 1.56. The summed E-state index contributed by atoms with van der Waals surface area (Å²) in [4.78, 5) is 14.5. The summed E-state index contributed by atoms with van der Waals surface area (Å²) < 4.78 is 7.09. The van der Waals surface area contributed by atoms with Crippen LogP contribution in [0, 0.1) is 6.92 Å². The van der Waals surface area contributed by atoms with E-state index in [1.165, 1.54) is 0 Å². The van der Waals surface area contributed by atoms with Crippen molar-refractivity contribution in [2.24, 2.45) is 7.05 Å². The summed E-state index contributed by atoms with van der Waals surface area (Å²) in [6.07, 6.45) is 6.41. The van der Waals surface area contributed by atoms with Crippen LogP contribution in [0.5, 0.6) is 0 Å². The number of hydrogen-bond acceptors (Lipinski definition) is 4. The molecule has 2 unspecified atom stereocenters. The molecule has 1 N–H and O–H groups in total. The summed E-state index contributed by atoms with van der Waals surface area (Å²) >= 11 is 0. The molecule has 0 aliphatic carbocycles. The van der Waals surface area contributed by atoms with E-state index >= 15 is 0 Å². The fourth-order valence-corrected chi connectivity index (χ4v) is 3.44. The Morgan fingerprint density at radius 3 is 3.04 bits per heavy atom. The fraction of sp³-hybridized carbons (Fsp3) is 0.556. The average Bonchev–Trinajstić information content (AvgIpc) is 3.29. The van der Waals surface area contributed by atoms with E-state index < -0.39 is 6.10 Å². The van der Waals surface area contributed by atoms with Crippen molar-refractivity contribution in [1.29, 1.82) is 0 Å². The van der Waals surface area contributed by atoms with E-state index in [1.54, 1.807) is 18.4 Å². The first kappa shape index (κ1) is 16.8. The number of furan rings is 1. The predicted molar refractivity (Wildman–Crippen MR) is 89.3 cm³/mol. The highest BCUT2D eigenvalue weighted by Gasteiger charge is 2.31. The molecule has 3 heterocycles. The Morgan fingerprint density at radius 1 is 1.54 bits per heavy atom. The summed E-state index contributed by atoms with van der Waals surface area (Å²) in [6, 6.07) is 3.64. The van der Waals surface area contributed by atoms with Crippen LogP contribution in [0.15, 0.2) is 29.0 Å². The second kappa shape index (κ2) is 7.21. The molecule has 1 saturated heterocycles. The Morgan fingerprint density at radius 2 is 2.38 bits per heavy atom. The van der Waals surface area contributed by atoms with Gasteiger partial charge in [-0.1, -0.05) is 0 Å². The molecule has 2 aromatic heterocycles. The molecule has 1 amide bonds. The van der Waals surface area contributed by atoms with Crippen LogP contribution in [-0.2, 0) is 18.3 Å². The van der Waals surface area contributed by atoms with Crippen LogP contribution >= 0.6 is 0 Å². The Hall–Kier alpha value is -2.08. The number of hydrogen-bond donors (Lipinski definition) is 1. The molecule has 130 valence electrons. The molecule has 0 aromatic carbocycles. The third-order valence-electron chi connectivity index (χ3n) is 5.01. The Labute approximate surface area is 142 Å². The first-order chi connectivity index (χ1) is 11.6. The molecule has 1 aliphatic rings. The van der Waals surface area contributed by atoms with Gasteiger partial charge < -0.3 is 14.4 Å². The number of carbonyl (C=O) groups is 1. The Bertz CT molecular complexity index is 678. The van der Waals surface area contributed by atoms with Gasteiger partial charge in [-0.3, -0.25) is 9.48 Å². The number of aliphatic hydroxyl groups is 1. The van der Waals surface area contributed by atoms with Gasteiger partial charge in [-0.25, -0.2) is 0 Å². The maximum Gasteiger partial charge on any atom is 0.223 e. The van der Waals surface area contributed by atoms with E-state index in [9.17, 15) is 9.90 Å². The third kappa shape index (κ3) is 3.53. The molecule has 1 fully saturated rings. The van der Waals surface area contributed by atoms with Gasteiger partial charge in [0.1, 0.15) is 11.9 Å². The minimum atomic E-state index is -0.654. The van der Waals surface area contributed by atoms with Crippen LogP contribution in [0.25, 0.3) is 0 Å². The van der Waals surface area contributed by atoms with E-state index in [-0.39, 0.29) is 11.9 Å². The van der Waals surface area contributed by atoms with Gasteiger partial charge in [0.2, 0.25) is 5.91 Å². The number of rotatable bonds is 6. The van der Waals surface area contributed by atoms with Gasteiger partial charge in [-0.2, -0.15) is 5.10 Å². The van der Waals surface area contributed by atoms with Gasteiger partial charge in [0, 0.05) is 38.2 Å². The maximum atomic E-state index is 12.6. The normalized spacial score (nSPS) is 19.0. The molecule has 3 rings (SSSR count). The van der Waals surface area contributed by atoms with E-state index in [1.807, 2.05) is 29.7 Å². The molecule has 24 heavy (non-hydrogen) atoms. The molecule has 2 atom stereocenters. The molecule has 1 aliphatic heterocycles. The van der Waals surface area contributed by atoms with Gasteiger partial charge in [0.25, 0.3) is 0 Å². The summed E-state index contributed by atoms with van der Waals surface area (Å²) in [5.41, 5.74) is 2.23. The van der Waals surface area contributed by atoms with Crippen LogP contribution in [0.3, 0.4) is 0 Å². The van der Waals surface area contributed by atoms with Crippen LogP contribution in [0.4, 0.5) is 0 Å². The van der Waals surface area contributed by atoms with Crippen LogP contribution in [0.1, 0.15) is 48.8 Å². The summed E-state index contributed by atoms with van der Waals surface area (Å²) in [6.45, 7) is 2.80. The van der Waals surface area contributed by atoms with Crippen molar-refractivity contribution < 1.29 is 14.3 Å². The lowest BCUT2D eigenvalue weighted by molar-refractivity contribution is -0.132. The SMILES string of the molecule is Cc1c(CCC(=O)N2CCCC2CC(O)c2ccco2)cnn1C. The zero-order chi connectivity index (χ0) is 17.1. The van der Waals surface area contributed by atoms with Gasteiger partial charge in [-0.15, -0.1) is 0 Å². The van der Waals surface area contributed by atoms with E-state index in [0.717, 1.165) is 30.6 Å². The van der Waals surface area contributed by atoms with Crippen molar-refractivity contribution in [1.82, 2.24) is 14.7 Å². The first-order valence-electron chi connectivity index (χ1n) is 8.54. The van der Waals surface area contributed by atoms with E-state index in [0.29, 0.717) is 25.0 Å². The van der Waals surface area contributed by atoms with E-state index in [4.69, 9.17) is 4.42 Å². The summed E-state index contributed by atoms with van der Waals surface area (Å²) in [5, 5.41) is 14.5. The third-order valence-corrected chi connectivity index (χ3v) is 5.01. The van der Waals surface area contributed by atoms with E-state index in [2.05, 4.69) is 5.10 Å². The lowest BCUT2D eigenvalue weighted by Gasteiger charge is -2.26. The van der Waals surface area contributed by atoms with Crippen molar-refractivity contribution in [3.8, 4) is 0 Å². The molecular formula is C18H25N3O3. The lowest BCUT2D eigenvalue weighted by atomic mass is 10.0. The summed E-state index contributed by atoms with van der Waals surface area (Å²) in [7, 11) is 1.91. The molecule has 0 saturated carbocycles. The summed E-state index contributed by atoms with van der Waals surface area (Å²) in [5.74, 6) is 0.729. The number of amides is 1. The first-order valence-corrected chi connectivity index (χ1v) is 8.54. The zero-order valence-electron chi connectivity index (χ0n) is 14.3. The highest BCUT2D eigenvalue weighted by Crippen LogP contribution is 2.28. The van der Waals surface area contributed by atoms with Crippen LogP contribution in [0.2, 0.25) is 0 Å². The van der Waals surface area contributed by atoms with Crippen molar-refractivity contribution in [2.75, 3.05) is 6.54 Å². The topological polar surface area (TPSA) is 71.5 Å². The number of aliphatic hydroxyl groups excluding tert-OH is 1. The van der Waals surface area contributed by atoms with Gasteiger partial charge in [0.15, 0.2) is 0 Å². The average molecular weight is 331 g/mol. The molecule has 0 bridgehead atoms. The second-order valence-electron chi connectivity index (χ2n) is 6.53. The highest BCUT2D eigenvalue weighted by atomic mass is 16.4. The quantitative estimate of drug-likeness (QED) is 0.882. The fourth-order valence-electron chi connectivity index (χ4n) is 3.44. The lowest BCUT2D eigenvalue weighted by Crippen LogP contribution is -2.36. The number of nitrogens with zero attached hydrogens (tertiary/aromatic N) is 3. The van der Waals surface area contributed by atoms with Crippen molar-refractivity contribution in [3.63, 3.8) is 0 Å². The largest absolute Gasteiger partial charge is 0.467 e. The minimum Gasteiger partial charge on any atom is -0.467 e. The number of aromatic nitrogens is 2. The highest BCUT2D eigenvalue weighted by molar-refractivity contribution is 5.77. The van der Waals surface area contributed by atoms with Crippen LogP contribution < -0.4 is 0 Å². The molecule has 0 spiro atoms. The zero-order valence-corrected chi connectivity index (χ0v) is 14.3. The number of likely N-dealkylation sites (tertiary alicyclic amines) is 1. The molecular weight excluding hydrogens is 306 g/mol. The predicted octanol–water partition coefficient (Wildman–Crippen LogP) is 2.37. The Kier molecular flexibility index (Phi) is 5.04. The number of aryl methyl sites for hydroxylation is 2. The molecule has 0 radical (unpaired) electrons. The van der Waals surface area contributed by atoms with Gasteiger partial charge in [-0.05, 0) is 43.9 Å². The maximum absolute atomic E-state index is 12.6. The van der Waals surface area contributed by atoms with Crippen molar-refractivity contribution in [2.45, 2.75) is 51.2 Å². The van der Waals surface area contributed by atoms with Gasteiger partial charge in [0.05, 0.1) is 12.5 Å². The van der Waals surface area contributed by atoms with Crippen LogP contribution in [-0.4, -0.2) is 38.3 Å². The molecule has 2 aromatic rings. The standard InChI is InChI=1S/C18H25N3O3/c1-13-14(12-19-20(13)2)7-8-18(23)21-9-3-5-15(21)11-16(22)17-6-4-10-24-17/h4,6,10,12,15-16,22H,3,5,7-9,11H2,1-2H3. The van der Waals surface area contributed by atoms with Gasteiger partial charge >= 0.3 is 0 Å². The monoisotopic (exact) mass is 331 g/mol. The van der Waals surface area contributed by atoms with Crippen molar-refractivity contribution in [3.05, 3.63) is 41.6 Å². The molecule has 6 heteroatoms. The smallest absolute Gasteiger partial charge is 0.223 e. The van der Waals surface area contributed by atoms with Crippen molar-refractivity contribution >= 4 is 5.91 Å². The molecule has 6 nitrogen and oxygen atoms in total. The number of carbonyl (C=O) groups excluding carboxylic acids is 1. The minimum absolute atomic E-state index is 0.0904. The second-order valence-corrected chi connectivity index (χ2v) is 6.53.